The van der Waals surface area contributed by atoms with Crippen LogP contribution in [0.2, 0.25) is 0 Å². The van der Waals surface area contributed by atoms with E-state index in [1.807, 2.05) is 6.92 Å². The molecular formula is C28H29F3N6O5S2. The molecule has 11 nitrogen and oxygen atoms in total. The molecule has 0 spiro atoms. The van der Waals surface area contributed by atoms with Crippen LogP contribution in [0.1, 0.15) is 42.5 Å². The van der Waals surface area contributed by atoms with E-state index < -0.39 is 17.6 Å². The van der Waals surface area contributed by atoms with E-state index in [0.717, 1.165) is 23.9 Å². The van der Waals surface area contributed by atoms with E-state index in [0.29, 0.717) is 42.2 Å². The molecule has 2 aromatic carbocycles. The molecule has 0 saturated heterocycles. The first-order chi connectivity index (χ1) is 21.1. The molecule has 234 valence electrons. The molecule has 0 aliphatic heterocycles. The fourth-order valence-electron chi connectivity index (χ4n) is 3.94. The first-order valence-corrected chi connectivity index (χ1v) is 15.3. The highest BCUT2D eigenvalue weighted by Gasteiger charge is 2.31. The van der Waals surface area contributed by atoms with Gasteiger partial charge in [-0.15, -0.1) is 21.5 Å². The lowest BCUT2D eigenvalue weighted by Gasteiger charge is -2.17. The van der Waals surface area contributed by atoms with Gasteiger partial charge in [-0.25, -0.2) is 4.98 Å². The Balaban J connectivity index is 1.61. The van der Waals surface area contributed by atoms with Gasteiger partial charge in [0.05, 0.1) is 43.4 Å². The number of nitrogens with zero attached hydrogens (tertiary/aromatic N) is 4. The third kappa shape index (κ3) is 8.19. The number of amides is 2. The fourth-order valence-corrected chi connectivity index (χ4v) is 5.26. The molecule has 0 aliphatic carbocycles. The summed E-state index contributed by atoms with van der Waals surface area (Å²) in [6.45, 7) is 6.19. The summed E-state index contributed by atoms with van der Waals surface area (Å²) in [4.78, 5) is 29.7. The maximum absolute atomic E-state index is 13.5. The second-order valence-electron chi connectivity index (χ2n) is 8.74. The van der Waals surface area contributed by atoms with Gasteiger partial charge in [0.25, 0.3) is 5.91 Å². The molecule has 0 saturated carbocycles. The molecule has 0 aliphatic rings. The van der Waals surface area contributed by atoms with Gasteiger partial charge < -0.3 is 24.8 Å². The number of nitrogens with one attached hydrogen (secondary N) is 2. The van der Waals surface area contributed by atoms with Crippen molar-refractivity contribution in [3.8, 4) is 22.9 Å². The van der Waals surface area contributed by atoms with Crippen LogP contribution in [0.5, 0.6) is 17.2 Å². The summed E-state index contributed by atoms with van der Waals surface area (Å²) in [5.74, 6) is 0.142. The Morgan fingerprint density at radius 1 is 1.00 bits per heavy atom. The van der Waals surface area contributed by atoms with Crippen molar-refractivity contribution in [3.63, 3.8) is 0 Å². The van der Waals surface area contributed by atoms with E-state index in [1.54, 1.807) is 25.4 Å². The zero-order valence-electron chi connectivity index (χ0n) is 23.9. The van der Waals surface area contributed by atoms with E-state index in [-0.39, 0.29) is 40.4 Å². The van der Waals surface area contributed by atoms with Crippen molar-refractivity contribution in [1.82, 2.24) is 25.1 Å². The molecule has 0 fully saturated rings. The zero-order valence-corrected chi connectivity index (χ0v) is 25.6. The van der Waals surface area contributed by atoms with Crippen LogP contribution in [-0.2, 0) is 17.5 Å². The molecule has 2 heterocycles. The van der Waals surface area contributed by atoms with Gasteiger partial charge in [0.15, 0.2) is 27.6 Å². The summed E-state index contributed by atoms with van der Waals surface area (Å²) in [6, 6.07) is 7.65. The molecule has 2 aromatic heterocycles. The topological polar surface area (TPSA) is 129 Å². The second-order valence-corrected chi connectivity index (χ2v) is 10.6. The third-order valence-corrected chi connectivity index (χ3v) is 7.34. The second kappa shape index (κ2) is 14.9. The van der Waals surface area contributed by atoms with Gasteiger partial charge in [0.2, 0.25) is 11.7 Å². The van der Waals surface area contributed by atoms with E-state index in [1.165, 1.54) is 40.2 Å². The number of hydrogen-bond acceptors (Lipinski definition) is 10. The maximum atomic E-state index is 13.5. The van der Waals surface area contributed by atoms with E-state index in [4.69, 9.17) is 14.2 Å². The number of alkyl halides is 3. The van der Waals surface area contributed by atoms with Gasteiger partial charge >= 0.3 is 6.18 Å². The Morgan fingerprint density at radius 3 is 2.32 bits per heavy atom. The third-order valence-electron chi connectivity index (χ3n) is 5.72. The molecule has 4 rings (SSSR count). The molecule has 2 amide bonds. The lowest BCUT2D eigenvalue weighted by atomic mass is 10.1. The van der Waals surface area contributed by atoms with Crippen molar-refractivity contribution in [3.05, 3.63) is 64.9 Å². The van der Waals surface area contributed by atoms with Crippen LogP contribution in [0.4, 0.5) is 18.3 Å². The number of thiazole rings is 1. The minimum Gasteiger partial charge on any atom is -0.490 e. The van der Waals surface area contributed by atoms with Gasteiger partial charge in [-0.05, 0) is 51.1 Å². The van der Waals surface area contributed by atoms with E-state index >= 15 is 0 Å². The Kier molecular flexibility index (Phi) is 11.1. The lowest BCUT2D eigenvalue weighted by molar-refractivity contribution is -0.137. The molecule has 0 unspecified atom stereocenters. The van der Waals surface area contributed by atoms with Crippen LogP contribution in [0, 0.1) is 0 Å². The number of ether oxygens (including phenoxy) is 3. The standard InChI is InChI=1S/C28H29F3N6O5S2/c1-4-40-20-12-17(13-21(41-5-2)24(20)42-6-3)25(39)33-15-22-35-36-27(44-16-23(38)34-26-32-10-11-43-26)37(22)19-9-7-8-18(14-19)28(29,30)31/h7-14H,4-6,15-16H2,1-3H3,(H,33,39)(H,32,34,38). The number of anilines is 1. The normalized spacial score (nSPS) is 11.2. The predicted octanol–water partition coefficient (Wildman–Crippen LogP) is 5.60. The smallest absolute Gasteiger partial charge is 0.416 e. The largest absolute Gasteiger partial charge is 0.490 e. The number of thioether (sulfide) groups is 1. The number of carbonyl (C=O) groups is 2. The van der Waals surface area contributed by atoms with Gasteiger partial charge in [-0.2, -0.15) is 13.2 Å². The molecule has 44 heavy (non-hydrogen) atoms. The molecule has 0 bridgehead atoms. The van der Waals surface area contributed by atoms with Crippen molar-refractivity contribution >= 4 is 40.0 Å². The predicted molar refractivity (Wildman–Crippen MR) is 159 cm³/mol. The average Bonchev–Trinajstić information content (AvgIpc) is 3.66. The lowest BCUT2D eigenvalue weighted by Crippen LogP contribution is -2.25. The molecular weight excluding hydrogens is 621 g/mol. The molecule has 0 radical (unpaired) electrons. The molecule has 0 atom stereocenters. The number of benzene rings is 2. The highest BCUT2D eigenvalue weighted by atomic mass is 32.2. The number of hydrogen-bond donors (Lipinski definition) is 2. The average molecular weight is 651 g/mol. The summed E-state index contributed by atoms with van der Waals surface area (Å²) < 4.78 is 59.1. The number of rotatable bonds is 14. The highest BCUT2D eigenvalue weighted by molar-refractivity contribution is 7.99. The summed E-state index contributed by atoms with van der Waals surface area (Å²) in [6.07, 6.45) is -3.05. The van der Waals surface area contributed by atoms with Crippen molar-refractivity contribution < 1.29 is 37.0 Å². The quantitative estimate of drug-likeness (QED) is 0.168. The van der Waals surface area contributed by atoms with Crippen molar-refractivity contribution in [1.29, 1.82) is 0 Å². The van der Waals surface area contributed by atoms with Gasteiger partial charge in [-0.1, -0.05) is 17.8 Å². The summed E-state index contributed by atoms with van der Waals surface area (Å²) in [7, 11) is 0. The van der Waals surface area contributed by atoms with Crippen molar-refractivity contribution in [2.45, 2.75) is 38.6 Å². The Labute approximate surface area is 259 Å². The van der Waals surface area contributed by atoms with E-state index in [9.17, 15) is 22.8 Å². The summed E-state index contributed by atoms with van der Waals surface area (Å²) >= 11 is 2.21. The van der Waals surface area contributed by atoms with Crippen LogP contribution >= 0.6 is 23.1 Å². The Morgan fingerprint density at radius 2 is 1.70 bits per heavy atom. The highest BCUT2D eigenvalue weighted by Crippen LogP contribution is 2.39. The minimum atomic E-state index is -4.59. The number of halogens is 3. The van der Waals surface area contributed by atoms with Crippen molar-refractivity contribution in [2.24, 2.45) is 0 Å². The first-order valence-electron chi connectivity index (χ1n) is 13.4. The zero-order chi connectivity index (χ0) is 31.7. The number of aromatic nitrogens is 4. The van der Waals surface area contributed by atoms with Gasteiger partial charge in [0.1, 0.15) is 0 Å². The fraction of sp³-hybridized carbons (Fsp3) is 0.321. The number of carbonyl (C=O) groups excluding carboxylic acids is 2. The van der Waals surface area contributed by atoms with Crippen LogP contribution in [-0.4, -0.2) is 57.1 Å². The Hall–Kier alpha value is -4.31. The van der Waals surface area contributed by atoms with Crippen LogP contribution in [0.15, 0.2) is 53.1 Å². The molecule has 2 N–H and O–H groups in total. The van der Waals surface area contributed by atoms with Crippen LogP contribution in [0.3, 0.4) is 0 Å². The van der Waals surface area contributed by atoms with Crippen LogP contribution in [0.25, 0.3) is 5.69 Å². The molecule has 4 aromatic rings. The summed E-state index contributed by atoms with van der Waals surface area (Å²) in [5.41, 5.74) is -0.563. The summed E-state index contributed by atoms with van der Waals surface area (Å²) in [5, 5.41) is 15.9. The maximum Gasteiger partial charge on any atom is 0.416 e. The van der Waals surface area contributed by atoms with Crippen molar-refractivity contribution in [2.75, 3.05) is 30.9 Å². The SMILES string of the molecule is CCOc1cc(C(=O)NCc2nnc(SCC(=O)Nc3nccs3)n2-c2cccc(C(F)(F)F)c2)cc(OCC)c1OCC. The monoisotopic (exact) mass is 650 g/mol. The minimum absolute atomic E-state index is 0.107. The van der Waals surface area contributed by atoms with Gasteiger partial charge in [0, 0.05) is 17.1 Å². The molecule has 16 heteroatoms. The van der Waals surface area contributed by atoms with E-state index in [2.05, 4.69) is 25.8 Å². The first kappa shape index (κ1) is 32.6. The van der Waals surface area contributed by atoms with Crippen LogP contribution < -0.4 is 24.8 Å². The Bertz CT molecular complexity index is 1550. The van der Waals surface area contributed by atoms with Gasteiger partial charge in [-0.3, -0.25) is 14.2 Å².